The predicted octanol–water partition coefficient (Wildman–Crippen LogP) is 1.89. The summed E-state index contributed by atoms with van der Waals surface area (Å²) in [6, 6.07) is 1.95. The van der Waals surface area contributed by atoms with E-state index in [0.717, 1.165) is 23.2 Å². The van der Waals surface area contributed by atoms with Gasteiger partial charge in [-0.15, -0.1) is 0 Å². The highest BCUT2D eigenvalue weighted by Gasteiger charge is 2.26. The maximum atomic E-state index is 12.4. The van der Waals surface area contributed by atoms with Crippen molar-refractivity contribution in [3.63, 3.8) is 0 Å². The molecule has 1 fully saturated rings. The Bertz CT molecular complexity index is 700. The number of urea groups is 1. The van der Waals surface area contributed by atoms with E-state index in [1.54, 1.807) is 17.3 Å². The number of pyridine rings is 1. The molecule has 0 spiro atoms. The van der Waals surface area contributed by atoms with E-state index in [-0.39, 0.29) is 12.1 Å². The molecular weight excluding hydrogens is 306 g/mol. The van der Waals surface area contributed by atoms with Gasteiger partial charge in [0.15, 0.2) is 0 Å². The number of nitrogens with zero attached hydrogens (tertiary/aromatic N) is 4. The minimum Gasteiger partial charge on any atom is -0.370 e. The van der Waals surface area contributed by atoms with Crippen LogP contribution in [0.2, 0.25) is 0 Å². The number of hydrogen-bond donors (Lipinski definition) is 1. The van der Waals surface area contributed by atoms with E-state index >= 15 is 0 Å². The molecule has 1 atom stereocenters. The van der Waals surface area contributed by atoms with Crippen LogP contribution in [0.3, 0.4) is 0 Å². The third-order valence-corrected chi connectivity index (χ3v) is 4.08. The molecular formula is C17H23N5O2. The van der Waals surface area contributed by atoms with E-state index in [9.17, 15) is 4.79 Å². The monoisotopic (exact) mass is 329 g/mol. The van der Waals surface area contributed by atoms with Crippen LogP contribution in [0.4, 0.5) is 4.79 Å². The smallest absolute Gasteiger partial charge is 0.317 e. The Morgan fingerprint density at radius 2 is 2.29 bits per heavy atom. The second kappa shape index (κ2) is 7.44. The lowest BCUT2D eigenvalue weighted by Crippen LogP contribution is -2.46. The van der Waals surface area contributed by atoms with E-state index in [0.29, 0.717) is 26.2 Å². The Hall–Kier alpha value is -2.41. The normalized spacial score (nSPS) is 17.8. The summed E-state index contributed by atoms with van der Waals surface area (Å²) >= 11 is 0. The number of carbonyl (C=O) groups excluding carboxylic acids is 1. The molecule has 0 bridgehead atoms. The minimum absolute atomic E-state index is 0.0762. The number of aryl methyl sites for hydroxylation is 2. The first kappa shape index (κ1) is 16.4. The first-order valence-electron chi connectivity index (χ1n) is 8.23. The van der Waals surface area contributed by atoms with Crippen LogP contribution in [-0.2, 0) is 17.8 Å². The molecule has 0 aromatic carbocycles. The molecule has 1 aliphatic heterocycles. The summed E-state index contributed by atoms with van der Waals surface area (Å²) in [6.07, 6.45) is 7.24. The summed E-state index contributed by atoms with van der Waals surface area (Å²) in [5, 5.41) is 7.23. The Balaban J connectivity index is 1.56. The van der Waals surface area contributed by atoms with E-state index in [4.69, 9.17) is 4.74 Å². The number of amides is 2. The molecule has 0 saturated carbocycles. The molecule has 2 amide bonds. The summed E-state index contributed by atoms with van der Waals surface area (Å²) < 4.78 is 7.66. The third kappa shape index (κ3) is 3.91. The molecule has 0 aliphatic carbocycles. The average molecular weight is 329 g/mol. The lowest BCUT2D eigenvalue weighted by atomic mass is 10.1. The maximum absolute atomic E-state index is 12.4. The lowest BCUT2D eigenvalue weighted by Gasteiger charge is -2.32. The molecule has 0 radical (unpaired) electrons. The van der Waals surface area contributed by atoms with Crippen LogP contribution in [-0.4, -0.2) is 45.4 Å². The van der Waals surface area contributed by atoms with Crippen LogP contribution < -0.4 is 5.32 Å². The molecule has 7 heteroatoms. The van der Waals surface area contributed by atoms with Crippen molar-refractivity contribution in [2.24, 2.45) is 0 Å². The zero-order chi connectivity index (χ0) is 16.9. The largest absolute Gasteiger partial charge is 0.370 e. The highest BCUT2D eigenvalue weighted by atomic mass is 16.5. The van der Waals surface area contributed by atoms with Crippen molar-refractivity contribution in [3.8, 4) is 0 Å². The first-order valence-corrected chi connectivity index (χ1v) is 8.23. The second-order valence-electron chi connectivity index (χ2n) is 5.96. The van der Waals surface area contributed by atoms with Crippen molar-refractivity contribution < 1.29 is 9.53 Å². The maximum Gasteiger partial charge on any atom is 0.317 e. The van der Waals surface area contributed by atoms with E-state index in [1.807, 2.05) is 37.0 Å². The fourth-order valence-electron chi connectivity index (χ4n) is 2.76. The van der Waals surface area contributed by atoms with Crippen molar-refractivity contribution in [1.82, 2.24) is 25.0 Å². The summed E-state index contributed by atoms with van der Waals surface area (Å²) in [5.41, 5.74) is 3.09. The Labute approximate surface area is 141 Å². The minimum atomic E-state index is -0.120. The van der Waals surface area contributed by atoms with E-state index in [1.165, 1.54) is 0 Å². The summed E-state index contributed by atoms with van der Waals surface area (Å²) in [7, 11) is 0. The fourth-order valence-corrected chi connectivity index (χ4v) is 2.76. The van der Waals surface area contributed by atoms with Gasteiger partial charge in [-0.3, -0.25) is 9.67 Å². The number of ether oxygens (including phenoxy) is 1. The molecule has 24 heavy (non-hydrogen) atoms. The van der Waals surface area contributed by atoms with Crippen molar-refractivity contribution in [2.45, 2.75) is 33.0 Å². The number of morpholine rings is 1. The SMILES string of the molecule is CCn1cc([C@H]2CN(C(=O)NCc3cncc(C)c3)CCO2)cn1. The van der Waals surface area contributed by atoms with Crippen molar-refractivity contribution in [3.05, 3.63) is 47.5 Å². The second-order valence-corrected chi connectivity index (χ2v) is 5.96. The van der Waals surface area contributed by atoms with E-state index < -0.39 is 0 Å². The molecule has 1 N–H and O–H groups in total. The van der Waals surface area contributed by atoms with Crippen molar-refractivity contribution >= 4 is 6.03 Å². The van der Waals surface area contributed by atoms with Gasteiger partial charge in [-0.25, -0.2) is 4.79 Å². The highest BCUT2D eigenvalue weighted by Crippen LogP contribution is 2.21. The number of hydrogen-bond acceptors (Lipinski definition) is 4. The topological polar surface area (TPSA) is 72.3 Å². The van der Waals surface area contributed by atoms with Gasteiger partial charge in [0.1, 0.15) is 6.10 Å². The number of carbonyl (C=O) groups is 1. The first-order chi connectivity index (χ1) is 11.7. The molecule has 3 rings (SSSR count). The van der Waals surface area contributed by atoms with Crippen LogP contribution in [0.15, 0.2) is 30.9 Å². The molecule has 128 valence electrons. The van der Waals surface area contributed by atoms with Crippen LogP contribution in [0, 0.1) is 6.92 Å². The van der Waals surface area contributed by atoms with Crippen LogP contribution >= 0.6 is 0 Å². The summed E-state index contributed by atoms with van der Waals surface area (Å²) in [5.74, 6) is 0. The zero-order valence-electron chi connectivity index (χ0n) is 14.1. The number of nitrogens with one attached hydrogen (secondary N) is 1. The van der Waals surface area contributed by atoms with Gasteiger partial charge in [-0.1, -0.05) is 6.07 Å². The lowest BCUT2D eigenvalue weighted by molar-refractivity contribution is -0.0155. The molecule has 2 aromatic heterocycles. The van der Waals surface area contributed by atoms with Gasteiger partial charge >= 0.3 is 6.03 Å². The molecule has 0 unspecified atom stereocenters. The van der Waals surface area contributed by atoms with Crippen LogP contribution in [0.1, 0.15) is 29.7 Å². The highest BCUT2D eigenvalue weighted by molar-refractivity contribution is 5.74. The standard InChI is InChI=1S/C17H23N5O2/c1-3-22-11-15(10-20-22)16-12-21(4-5-24-16)17(23)19-9-14-6-13(2)7-18-8-14/h6-8,10-11,16H,3-5,9,12H2,1-2H3,(H,19,23)/t16-/m1/s1. The summed E-state index contributed by atoms with van der Waals surface area (Å²) in [6.45, 7) is 6.98. The average Bonchev–Trinajstić information content (AvgIpc) is 3.09. The van der Waals surface area contributed by atoms with Crippen LogP contribution in [0.25, 0.3) is 0 Å². The third-order valence-electron chi connectivity index (χ3n) is 4.08. The Morgan fingerprint density at radius 1 is 1.42 bits per heavy atom. The number of aromatic nitrogens is 3. The predicted molar refractivity (Wildman–Crippen MR) is 89.4 cm³/mol. The Morgan fingerprint density at radius 3 is 3.04 bits per heavy atom. The van der Waals surface area contributed by atoms with Crippen molar-refractivity contribution in [1.29, 1.82) is 0 Å². The van der Waals surface area contributed by atoms with Gasteiger partial charge in [0, 0.05) is 43.8 Å². The summed E-state index contributed by atoms with van der Waals surface area (Å²) in [4.78, 5) is 18.3. The molecule has 3 heterocycles. The van der Waals surface area contributed by atoms with Gasteiger partial charge < -0.3 is 15.0 Å². The molecule has 2 aromatic rings. The van der Waals surface area contributed by atoms with E-state index in [2.05, 4.69) is 15.4 Å². The quantitative estimate of drug-likeness (QED) is 0.930. The zero-order valence-corrected chi connectivity index (χ0v) is 14.1. The fraction of sp³-hybridized carbons (Fsp3) is 0.471. The van der Waals surface area contributed by atoms with Crippen molar-refractivity contribution in [2.75, 3.05) is 19.7 Å². The van der Waals surface area contributed by atoms with Gasteiger partial charge in [0.05, 0.1) is 19.3 Å². The number of rotatable bonds is 4. The van der Waals surface area contributed by atoms with Gasteiger partial charge in [0.2, 0.25) is 0 Å². The van der Waals surface area contributed by atoms with Gasteiger partial charge in [0.25, 0.3) is 0 Å². The van der Waals surface area contributed by atoms with Gasteiger partial charge in [-0.2, -0.15) is 5.10 Å². The molecule has 1 saturated heterocycles. The Kier molecular flexibility index (Phi) is 5.10. The molecule has 1 aliphatic rings. The van der Waals surface area contributed by atoms with Gasteiger partial charge in [-0.05, 0) is 25.0 Å². The molecule has 7 nitrogen and oxygen atoms in total. The van der Waals surface area contributed by atoms with Crippen LogP contribution in [0.5, 0.6) is 0 Å².